The second kappa shape index (κ2) is 6.97. The molecule has 0 spiro atoms. The Bertz CT molecular complexity index is 977. The molecule has 0 bridgehead atoms. The molecule has 6 aliphatic rings. The highest BCUT2D eigenvalue weighted by atomic mass is 16.6. The highest BCUT2D eigenvalue weighted by Gasteiger charge is 2.77. The van der Waals surface area contributed by atoms with Crippen molar-refractivity contribution in [2.75, 3.05) is 0 Å². The molecule has 0 aromatic heterocycles. The van der Waals surface area contributed by atoms with Crippen LogP contribution in [0.3, 0.4) is 0 Å². The van der Waals surface area contributed by atoms with Crippen molar-refractivity contribution in [1.29, 1.82) is 0 Å². The van der Waals surface area contributed by atoms with E-state index >= 15 is 0 Å². The fraction of sp³-hybridized carbons (Fsp3) is 0.906. The number of rotatable bonds is 1. The molecular formula is C32H50O3. The van der Waals surface area contributed by atoms with E-state index in [2.05, 4.69) is 61.5 Å². The maximum atomic E-state index is 11.9. The third kappa shape index (κ3) is 3.03. The molecule has 196 valence electrons. The van der Waals surface area contributed by atoms with Crippen LogP contribution < -0.4 is 0 Å². The van der Waals surface area contributed by atoms with E-state index in [1.165, 1.54) is 38.5 Å². The van der Waals surface area contributed by atoms with E-state index in [1.807, 2.05) is 0 Å². The van der Waals surface area contributed by atoms with E-state index in [0.29, 0.717) is 40.8 Å². The molecule has 6 rings (SSSR count). The minimum Gasteiger partial charge on any atom is -0.462 e. The predicted octanol–water partition coefficient (Wildman–Crippen LogP) is 7.73. The van der Waals surface area contributed by atoms with Gasteiger partial charge in [0.25, 0.3) is 0 Å². The van der Waals surface area contributed by atoms with Crippen molar-refractivity contribution < 1.29 is 14.3 Å². The van der Waals surface area contributed by atoms with Crippen LogP contribution in [0.15, 0.2) is 11.6 Å². The number of allylic oxidation sites excluding steroid dienone is 1. The molecule has 0 amide bonds. The number of ether oxygens (including phenoxy) is 2. The zero-order valence-corrected chi connectivity index (χ0v) is 23.9. The molecular weight excluding hydrogens is 432 g/mol. The van der Waals surface area contributed by atoms with Gasteiger partial charge in [-0.15, -0.1) is 0 Å². The Morgan fingerprint density at radius 1 is 0.943 bits per heavy atom. The average molecular weight is 483 g/mol. The quantitative estimate of drug-likeness (QED) is 0.218. The third-order valence-electron chi connectivity index (χ3n) is 13.2. The first-order valence-corrected chi connectivity index (χ1v) is 14.6. The van der Waals surface area contributed by atoms with Gasteiger partial charge in [0.1, 0.15) is 6.10 Å². The van der Waals surface area contributed by atoms with E-state index in [9.17, 15) is 4.79 Å². The summed E-state index contributed by atoms with van der Waals surface area (Å²) in [5.74, 6) is 1.71. The Hall–Kier alpha value is -0.830. The van der Waals surface area contributed by atoms with E-state index < -0.39 is 0 Å². The van der Waals surface area contributed by atoms with Crippen molar-refractivity contribution in [3.63, 3.8) is 0 Å². The van der Waals surface area contributed by atoms with Gasteiger partial charge in [0, 0.05) is 23.7 Å². The number of fused-ring (bicyclic) bond motifs is 10. The van der Waals surface area contributed by atoms with Crippen LogP contribution in [0.5, 0.6) is 0 Å². The molecule has 5 aliphatic carbocycles. The van der Waals surface area contributed by atoms with Gasteiger partial charge in [-0.05, 0) is 84.9 Å². The first kappa shape index (κ1) is 24.5. The van der Waals surface area contributed by atoms with Gasteiger partial charge in [-0.1, -0.05) is 67.0 Å². The number of esters is 1. The second-order valence-electron chi connectivity index (χ2n) is 16.2. The summed E-state index contributed by atoms with van der Waals surface area (Å²) in [7, 11) is 0. The van der Waals surface area contributed by atoms with Crippen LogP contribution >= 0.6 is 0 Å². The molecule has 0 N–H and O–H groups in total. The Morgan fingerprint density at radius 3 is 2.34 bits per heavy atom. The maximum Gasteiger partial charge on any atom is 0.302 e. The van der Waals surface area contributed by atoms with Crippen LogP contribution in [0, 0.1) is 50.2 Å². The Labute approximate surface area is 214 Å². The van der Waals surface area contributed by atoms with Gasteiger partial charge in [0.2, 0.25) is 0 Å². The zero-order chi connectivity index (χ0) is 25.4. The lowest BCUT2D eigenvalue weighted by Gasteiger charge is -2.69. The minimum absolute atomic E-state index is 0.00194. The van der Waals surface area contributed by atoms with Crippen LogP contribution in [0.4, 0.5) is 0 Å². The summed E-state index contributed by atoms with van der Waals surface area (Å²) in [6, 6.07) is 0. The number of carbonyl (C=O) groups excluding carboxylic acids is 1. The third-order valence-corrected chi connectivity index (χ3v) is 13.2. The number of epoxide rings is 1. The molecule has 3 nitrogen and oxygen atoms in total. The van der Waals surface area contributed by atoms with Gasteiger partial charge in [0.15, 0.2) is 0 Å². The topological polar surface area (TPSA) is 38.8 Å². The fourth-order valence-electron chi connectivity index (χ4n) is 11.6. The van der Waals surface area contributed by atoms with Crippen molar-refractivity contribution in [3.8, 4) is 0 Å². The predicted molar refractivity (Wildman–Crippen MR) is 140 cm³/mol. The number of carbonyl (C=O) groups is 1. The Morgan fingerprint density at radius 2 is 1.66 bits per heavy atom. The van der Waals surface area contributed by atoms with Crippen LogP contribution in [0.1, 0.15) is 114 Å². The highest BCUT2D eigenvalue weighted by Crippen LogP contribution is 2.78. The summed E-state index contributed by atoms with van der Waals surface area (Å²) in [5.41, 5.74) is 3.23. The molecule has 1 saturated heterocycles. The lowest BCUT2D eigenvalue weighted by Crippen LogP contribution is -2.65. The van der Waals surface area contributed by atoms with Crippen molar-refractivity contribution in [1.82, 2.24) is 0 Å². The molecule has 0 aromatic carbocycles. The molecule has 10 atom stereocenters. The Balaban J connectivity index is 1.41. The summed E-state index contributed by atoms with van der Waals surface area (Å²) < 4.78 is 12.8. The van der Waals surface area contributed by atoms with Gasteiger partial charge < -0.3 is 9.47 Å². The van der Waals surface area contributed by atoms with Crippen molar-refractivity contribution in [3.05, 3.63) is 11.6 Å². The molecule has 0 aromatic rings. The van der Waals surface area contributed by atoms with Crippen LogP contribution in [0.2, 0.25) is 0 Å². The van der Waals surface area contributed by atoms with Gasteiger partial charge in [-0.3, -0.25) is 4.79 Å². The summed E-state index contributed by atoms with van der Waals surface area (Å²) in [5, 5.41) is 0. The minimum atomic E-state index is -0.128. The molecule has 1 aliphatic heterocycles. The smallest absolute Gasteiger partial charge is 0.302 e. The van der Waals surface area contributed by atoms with E-state index in [4.69, 9.17) is 9.47 Å². The molecule has 1 heterocycles. The molecule has 0 radical (unpaired) electrons. The van der Waals surface area contributed by atoms with Gasteiger partial charge in [-0.25, -0.2) is 0 Å². The van der Waals surface area contributed by atoms with Crippen molar-refractivity contribution in [2.24, 2.45) is 50.2 Å². The Kier molecular flexibility index (Phi) is 4.88. The highest BCUT2D eigenvalue weighted by molar-refractivity contribution is 5.66. The average Bonchev–Trinajstić information content (AvgIpc) is 3.52. The summed E-state index contributed by atoms with van der Waals surface area (Å²) >= 11 is 0. The molecule has 35 heavy (non-hydrogen) atoms. The van der Waals surface area contributed by atoms with E-state index in [1.54, 1.807) is 12.5 Å². The largest absolute Gasteiger partial charge is 0.462 e. The van der Waals surface area contributed by atoms with Crippen molar-refractivity contribution >= 4 is 5.97 Å². The van der Waals surface area contributed by atoms with Crippen LogP contribution in [0.25, 0.3) is 0 Å². The van der Waals surface area contributed by atoms with Gasteiger partial charge >= 0.3 is 5.97 Å². The summed E-state index contributed by atoms with van der Waals surface area (Å²) in [6.07, 6.45) is 13.4. The van der Waals surface area contributed by atoms with Gasteiger partial charge in [-0.2, -0.15) is 0 Å². The maximum absolute atomic E-state index is 11.9. The first-order valence-electron chi connectivity index (χ1n) is 14.6. The van der Waals surface area contributed by atoms with Crippen LogP contribution in [-0.4, -0.2) is 24.3 Å². The second-order valence-corrected chi connectivity index (χ2v) is 16.2. The van der Waals surface area contributed by atoms with Gasteiger partial charge in [0.05, 0.1) is 12.2 Å². The SMILES string of the molecule is CC(=O)O[C@H]1CC[C@]2(C)C3[C@H]4O[C@H]4[C@@]4(C)C(=CC[C@@]5(C)CCC(C)(C)C[C@H]54)[C@]3(C)CC[C@H]2C1(C)C. The van der Waals surface area contributed by atoms with E-state index in [0.717, 1.165) is 12.8 Å². The molecule has 1 unspecified atom stereocenters. The summed E-state index contributed by atoms with van der Waals surface area (Å²) in [6.45, 7) is 21.7. The number of hydrogen-bond acceptors (Lipinski definition) is 3. The first-order chi connectivity index (χ1) is 16.1. The monoisotopic (exact) mass is 482 g/mol. The standard InChI is InChI=1S/C32H50O3/c1-19(33)34-23-12-15-30(7)20(28(23,4)5)11-14-31(8)21-10-13-29(6)17-16-27(2,3)18-22(29)32(21,9)26-24(35-26)25(30)31/h10,20,22-26H,11-18H2,1-9H3/t20-,22+,23-,24+,25?,26+,29-,30-,31-,32-/m0/s1. The molecule has 4 saturated carbocycles. The lowest BCUT2D eigenvalue weighted by atomic mass is 9.34. The zero-order valence-electron chi connectivity index (χ0n) is 23.9. The van der Waals surface area contributed by atoms with Crippen LogP contribution in [-0.2, 0) is 14.3 Å². The lowest BCUT2D eigenvalue weighted by molar-refractivity contribution is -0.195. The van der Waals surface area contributed by atoms with Crippen molar-refractivity contribution in [2.45, 2.75) is 132 Å². The molecule has 5 fully saturated rings. The fourth-order valence-corrected chi connectivity index (χ4v) is 11.6. The number of hydrogen-bond donors (Lipinski definition) is 0. The molecule has 3 heteroatoms. The summed E-state index contributed by atoms with van der Waals surface area (Å²) in [4.78, 5) is 11.9. The normalized spacial score (nSPS) is 55.2. The van der Waals surface area contributed by atoms with E-state index in [-0.39, 0.29) is 33.7 Å².